The van der Waals surface area contributed by atoms with Crippen LogP contribution < -0.4 is 16.0 Å². The van der Waals surface area contributed by atoms with Gasteiger partial charge in [-0.25, -0.2) is 17.7 Å². The van der Waals surface area contributed by atoms with Crippen LogP contribution in [0.3, 0.4) is 0 Å². The van der Waals surface area contributed by atoms with Gasteiger partial charge in [-0.2, -0.15) is 18.2 Å². The summed E-state index contributed by atoms with van der Waals surface area (Å²) in [5.41, 5.74) is 0.924. The van der Waals surface area contributed by atoms with Crippen molar-refractivity contribution in [3.05, 3.63) is 35.5 Å². The zero-order chi connectivity index (χ0) is 23.1. The minimum Gasteiger partial charge on any atom is -0.365 e. The molecule has 0 spiro atoms. The Labute approximate surface area is 182 Å². The van der Waals surface area contributed by atoms with Crippen LogP contribution in [0.5, 0.6) is 0 Å². The van der Waals surface area contributed by atoms with E-state index in [4.69, 9.17) is 0 Å². The van der Waals surface area contributed by atoms with Crippen LogP contribution in [0.1, 0.15) is 24.0 Å². The van der Waals surface area contributed by atoms with Crippen molar-refractivity contribution in [1.82, 2.24) is 14.3 Å². The number of sulfonamides is 1. The first-order valence-corrected chi connectivity index (χ1v) is 11.7. The Morgan fingerprint density at radius 2 is 2.06 bits per heavy atom. The van der Waals surface area contributed by atoms with Crippen LogP contribution in [0, 0.1) is 0 Å². The van der Waals surface area contributed by atoms with Gasteiger partial charge in [0.25, 0.3) is 0 Å². The summed E-state index contributed by atoms with van der Waals surface area (Å²) in [6.45, 7) is 0.379. The quantitative estimate of drug-likeness (QED) is 0.615. The zero-order valence-electron chi connectivity index (χ0n) is 17.0. The largest absolute Gasteiger partial charge is 0.421 e. The molecule has 1 aromatic carbocycles. The number of fused-ring (bicyclic) bond motifs is 1. The second-order valence-electron chi connectivity index (χ2n) is 7.78. The molecule has 0 radical (unpaired) electrons. The number of amides is 1. The molecule has 4 rings (SSSR count). The van der Waals surface area contributed by atoms with E-state index in [1.807, 2.05) is 0 Å². The van der Waals surface area contributed by atoms with E-state index in [1.165, 1.54) is 4.31 Å². The Morgan fingerprint density at radius 1 is 1.28 bits per heavy atom. The molecule has 0 aliphatic carbocycles. The molecule has 2 aliphatic heterocycles. The van der Waals surface area contributed by atoms with Gasteiger partial charge in [0.1, 0.15) is 11.4 Å². The lowest BCUT2D eigenvalue weighted by Crippen LogP contribution is -2.45. The summed E-state index contributed by atoms with van der Waals surface area (Å²) in [4.78, 5) is 19.3. The van der Waals surface area contributed by atoms with Crippen molar-refractivity contribution in [3.8, 4) is 0 Å². The molecule has 3 N–H and O–H groups in total. The van der Waals surface area contributed by atoms with Gasteiger partial charge in [-0.15, -0.1) is 0 Å². The molecular formula is C19H21F3N6O3S. The number of carbonyl (C=O) groups is 1. The highest BCUT2D eigenvalue weighted by Crippen LogP contribution is 2.35. The molecule has 0 saturated carbocycles. The lowest BCUT2D eigenvalue weighted by atomic mass is 10.1. The average Bonchev–Trinajstić information content (AvgIpc) is 3.06. The molecule has 1 aromatic heterocycles. The van der Waals surface area contributed by atoms with Crippen LogP contribution in [0.25, 0.3) is 0 Å². The standard InChI is InChI=1S/C19H21F3N6O3S/c1-32(30,31)28-6-2-3-13(10-28)24-17-14(19(20,21)22)9-23-18(27-17)25-12-4-5-15-11(7-12)8-16(29)26-15/h4-5,7,9,13H,2-3,6,8,10H2,1H3,(H,26,29)(H2,23,24,25,27). The average molecular weight is 470 g/mol. The molecule has 9 nitrogen and oxygen atoms in total. The molecular weight excluding hydrogens is 449 g/mol. The van der Waals surface area contributed by atoms with Gasteiger partial charge in [-0.05, 0) is 36.6 Å². The van der Waals surface area contributed by atoms with Crippen LogP contribution in [-0.2, 0) is 27.4 Å². The van der Waals surface area contributed by atoms with Crippen LogP contribution in [-0.4, -0.2) is 54.0 Å². The fraction of sp³-hybridized carbons (Fsp3) is 0.421. The first-order valence-electron chi connectivity index (χ1n) is 9.85. The number of alkyl halides is 3. The van der Waals surface area contributed by atoms with Gasteiger partial charge < -0.3 is 16.0 Å². The Bertz CT molecular complexity index is 1160. The number of piperidine rings is 1. The number of hydrogen-bond donors (Lipinski definition) is 3. The summed E-state index contributed by atoms with van der Waals surface area (Å²) in [5, 5.41) is 8.32. The minimum absolute atomic E-state index is 0.0503. The third-order valence-electron chi connectivity index (χ3n) is 5.27. The van der Waals surface area contributed by atoms with Crippen LogP contribution in [0.4, 0.5) is 36.3 Å². The highest BCUT2D eigenvalue weighted by atomic mass is 32.2. The van der Waals surface area contributed by atoms with Crippen molar-refractivity contribution >= 4 is 39.1 Å². The molecule has 32 heavy (non-hydrogen) atoms. The fourth-order valence-electron chi connectivity index (χ4n) is 3.75. The van der Waals surface area contributed by atoms with Crippen molar-refractivity contribution in [3.63, 3.8) is 0 Å². The highest BCUT2D eigenvalue weighted by Gasteiger charge is 2.36. The van der Waals surface area contributed by atoms with Gasteiger partial charge in [0.2, 0.25) is 21.9 Å². The smallest absolute Gasteiger partial charge is 0.365 e. The number of aromatic nitrogens is 2. The Morgan fingerprint density at radius 3 is 2.78 bits per heavy atom. The van der Waals surface area contributed by atoms with Crippen LogP contribution in [0.15, 0.2) is 24.4 Å². The fourth-order valence-corrected chi connectivity index (χ4v) is 4.66. The van der Waals surface area contributed by atoms with E-state index in [1.54, 1.807) is 18.2 Å². The number of benzene rings is 1. The van der Waals surface area contributed by atoms with Crippen LogP contribution in [0.2, 0.25) is 0 Å². The number of nitrogens with one attached hydrogen (secondary N) is 3. The van der Waals surface area contributed by atoms with E-state index >= 15 is 0 Å². The maximum Gasteiger partial charge on any atom is 0.421 e. The number of hydrogen-bond acceptors (Lipinski definition) is 7. The van der Waals surface area contributed by atoms with E-state index in [2.05, 4.69) is 25.9 Å². The lowest BCUT2D eigenvalue weighted by Gasteiger charge is -2.32. The predicted molar refractivity (Wildman–Crippen MR) is 112 cm³/mol. The molecule has 1 saturated heterocycles. The molecule has 2 aliphatic rings. The summed E-state index contributed by atoms with van der Waals surface area (Å²) in [6, 6.07) is 4.52. The third kappa shape index (κ3) is 4.93. The van der Waals surface area contributed by atoms with Crippen LogP contribution >= 0.6 is 0 Å². The molecule has 172 valence electrons. The molecule has 2 aromatic rings. The Kier molecular flexibility index (Phi) is 5.71. The zero-order valence-corrected chi connectivity index (χ0v) is 17.8. The molecule has 1 fully saturated rings. The molecule has 1 atom stereocenters. The topological polar surface area (TPSA) is 116 Å². The maximum atomic E-state index is 13.5. The normalized spacial score (nSPS) is 19.4. The summed E-state index contributed by atoms with van der Waals surface area (Å²) >= 11 is 0. The van der Waals surface area contributed by atoms with E-state index in [0.717, 1.165) is 11.8 Å². The number of halogens is 3. The second kappa shape index (κ2) is 8.20. The van der Waals surface area contributed by atoms with Gasteiger partial charge >= 0.3 is 6.18 Å². The molecule has 1 amide bonds. The SMILES string of the molecule is CS(=O)(=O)N1CCCC(Nc2nc(Nc3ccc4c(c3)CC(=O)N4)ncc2C(F)(F)F)C1. The molecule has 3 heterocycles. The summed E-state index contributed by atoms with van der Waals surface area (Å²) in [7, 11) is -3.45. The Balaban J connectivity index is 1.58. The van der Waals surface area contributed by atoms with E-state index in [-0.39, 0.29) is 24.8 Å². The maximum absolute atomic E-state index is 13.5. The van der Waals surface area contributed by atoms with Gasteiger partial charge in [-0.1, -0.05) is 0 Å². The van der Waals surface area contributed by atoms with E-state index in [9.17, 15) is 26.4 Å². The summed E-state index contributed by atoms with van der Waals surface area (Å²) in [6.07, 6.45) is -1.70. The van der Waals surface area contributed by atoms with Gasteiger partial charge in [0, 0.05) is 36.7 Å². The molecule has 1 unspecified atom stereocenters. The number of nitrogens with zero attached hydrogens (tertiary/aromatic N) is 3. The molecule has 13 heteroatoms. The number of carbonyl (C=O) groups excluding carboxylic acids is 1. The van der Waals surface area contributed by atoms with Crippen molar-refractivity contribution < 1.29 is 26.4 Å². The first-order chi connectivity index (χ1) is 15.0. The van der Waals surface area contributed by atoms with Crippen molar-refractivity contribution in [1.29, 1.82) is 0 Å². The molecule has 0 bridgehead atoms. The van der Waals surface area contributed by atoms with Gasteiger partial charge in [0.15, 0.2) is 0 Å². The number of anilines is 4. The predicted octanol–water partition coefficient (Wildman–Crippen LogP) is 2.57. The van der Waals surface area contributed by atoms with Crippen molar-refractivity contribution in [2.75, 3.05) is 35.3 Å². The van der Waals surface area contributed by atoms with Crippen molar-refractivity contribution in [2.24, 2.45) is 0 Å². The number of rotatable bonds is 5. The Hall–Kier alpha value is -2.93. The third-order valence-corrected chi connectivity index (χ3v) is 6.54. The first kappa shape index (κ1) is 22.3. The van der Waals surface area contributed by atoms with Gasteiger partial charge in [0.05, 0.1) is 12.7 Å². The van der Waals surface area contributed by atoms with Gasteiger partial charge in [-0.3, -0.25) is 4.79 Å². The summed E-state index contributed by atoms with van der Waals surface area (Å²) in [5.74, 6) is -0.619. The second-order valence-corrected chi connectivity index (χ2v) is 9.76. The van der Waals surface area contributed by atoms with Crippen molar-refractivity contribution in [2.45, 2.75) is 31.5 Å². The summed E-state index contributed by atoms with van der Waals surface area (Å²) < 4.78 is 65.5. The van der Waals surface area contributed by atoms with E-state index < -0.39 is 33.6 Å². The van der Waals surface area contributed by atoms with E-state index in [0.29, 0.717) is 37.0 Å². The highest BCUT2D eigenvalue weighted by molar-refractivity contribution is 7.88. The monoisotopic (exact) mass is 470 g/mol. The minimum atomic E-state index is -4.69. The lowest BCUT2D eigenvalue weighted by molar-refractivity contribution is -0.137.